The van der Waals surface area contributed by atoms with E-state index in [-0.39, 0.29) is 11.2 Å². The van der Waals surface area contributed by atoms with Gasteiger partial charge in [0, 0.05) is 22.6 Å². The van der Waals surface area contributed by atoms with Crippen molar-refractivity contribution >= 4 is 23.5 Å². The van der Waals surface area contributed by atoms with E-state index in [9.17, 15) is 0 Å². The zero-order valence-corrected chi connectivity index (χ0v) is 12.2. The van der Waals surface area contributed by atoms with Gasteiger partial charge < -0.3 is 14.3 Å². The molecular weight excluding hydrogens is 251 g/mol. The number of benzene rings is 1. The summed E-state index contributed by atoms with van der Waals surface area (Å²) >= 11 is 0. The lowest BCUT2D eigenvalue weighted by atomic mass is 9.79. The second kappa shape index (κ2) is 4.11. The summed E-state index contributed by atoms with van der Waals surface area (Å²) in [5.74, 6) is 0. The summed E-state index contributed by atoms with van der Waals surface area (Å²) in [5.41, 5.74) is 1.82. The maximum atomic E-state index is 9.03. The average Bonchev–Trinajstić information content (AvgIpc) is 2.87. The van der Waals surface area contributed by atoms with Crippen molar-refractivity contribution in [1.29, 1.82) is 5.26 Å². The minimum atomic E-state index is -0.414. The van der Waals surface area contributed by atoms with Gasteiger partial charge in [-0.05, 0) is 45.9 Å². The Hall–Kier alpha value is -1.77. The fraction of sp³-hybridized carbons (Fsp3) is 0.400. The number of nitriles is 1. The molecule has 0 unspecified atom stereocenters. The number of rotatable bonds is 1. The Bertz CT molecular complexity index is 696. The highest BCUT2D eigenvalue weighted by molar-refractivity contribution is 6.65. The molecule has 0 saturated carbocycles. The Morgan fingerprint density at radius 1 is 1.15 bits per heavy atom. The van der Waals surface area contributed by atoms with Gasteiger partial charge in [-0.3, -0.25) is 0 Å². The summed E-state index contributed by atoms with van der Waals surface area (Å²) in [6.45, 7) is 8.12. The largest absolute Gasteiger partial charge is 0.497 e. The highest BCUT2D eigenvalue weighted by atomic mass is 16.7. The molecule has 2 aromatic rings. The van der Waals surface area contributed by atoms with Gasteiger partial charge >= 0.3 is 7.12 Å². The molecule has 0 spiro atoms. The van der Waals surface area contributed by atoms with Crippen LogP contribution in [-0.4, -0.2) is 23.3 Å². The fourth-order valence-corrected chi connectivity index (χ4v) is 2.38. The number of aromatic amines is 1. The number of nitrogens with one attached hydrogen (secondary N) is 1. The monoisotopic (exact) mass is 268 g/mol. The Balaban J connectivity index is 2.06. The van der Waals surface area contributed by atoms with E-state index in [0.29, 0.717) is 5.56 Å². The van der Waals surface area contributed by atoms with Gasteiger partial charge in [-0.1, -0.05) is 0 Å². The topological polar surface area (TPSA) is 58.0 Å². The van der Waals surface area contributed by atoms with Gasteiger partial charge in [0.2, 0.25) is 0 Å². The van der Waals surface area contributed by atoms with Crippen LogP contribution in [0.2, 0.25) is 0 Å². The summed E-state index contributed by atoms with van der Waals surface area (Å²) in [5, 5.41) is 10.0. The Kier molecular flexibility index (Phi) is 2.72. The minimum Gasteiger partial charge on any atom is -0.399 e. The van der Waals surface area contributed by atoms with Gasteiger partial charge in [0.1, 0.15) is 0 Å². The smallest absolute Gasteiger partial charge is 0.399 e. The van der Waals surface area contributed by atoms with Crippen LogP contribution in [0.1, 0.15) is 33.3 Å². The van der Waals surface area contributed by atoms with Crippen LogP contribution in [-0.2, 0) is 9.31 Å². The number of nitrogens with zero attached hydrogens (tertiary/aromatic N) is 1. The van der Waals surface area contributed by atoms with E-state index in [4.69, 9.17) is 14.6 Å². The van der Waals surface area contributed by atoms with Crippen LogP contribution in [0.4, 0.5) is 0 Å². The number of H-pyrrole nitrogens is 1. The predicted molar refractivity (Wildman–Crippen MR) is 78.7 cm³/mol. The van der Waals surface area contributed by atoms with Crippen LogP contribution < -0.4 is 5.46 Å². The predicted octanol–water partition coefficient (Wildman–Crippen LogP) is 2.34. The molecule has 5 heteroatoms. The van der Waals surface area contributed by atoms with Crippen LogP contribution in [0, 0.1) is 11.3 Å². The van der Waals surface area contributed by atoms with Gasteiger partial charge in [0.05, 0.1) is 22.8 Å². The van der Waals surface area contributed by atoms with Gasteiger partial charge in [0.25, 0.3) is 0 Å². The highest BCUT2D eigenvalue weighted by Gasteiger charge is 2.52. The quantitative estimate of drug-likeness (QED) is 0.807. The normalized spacial score (nSPS) is 20.2. The van der Waals surface area contributed by atoms with E-state index in [1.54, 1.807) is 6.07 Å². The fourth-order valence-electron chi connectivity index (χ4n) is 2.38. The molecule has 102 valence electrons. The first-order chi connectivity index (χ1) is 9.34. The first kappa shape index (κ1) is 13.2. The second-order valence-electron chi connectivity index (χ2n) is 6.20. The molecule has 20 heavy (non-hydrogen) atoms. The lowest BCUT2D eigenvalue weighted by molar-refractivity contribution is 0.00578. The van der Waals surface area contributed by atoms with E-state index in [1.165, 1.54) is 0 Å². The van der Waals surface area contributed by atoms with Crippen molar-refractivity contribution in [2.75, 3.05) is 0 Å². The molecule has 1 fully saturated rings. The van der Waals surface area contributed by atoms with E-state index < -0.39 is 7.12 Å². The third-order valence-corrected chi connectivity index (χ3v) is 4.35. The second-order valence-corrected chi connectivity index (χ2v) is 6.20. The van der Waals surface area contributed by atoms with Crippen molar-refractivity contribution in [3.63, 3.8) is 0 Å². The van der Waals surface area contributed by atoms with Crippen molar-refractivity contribution in [1.82, 2.24) is 4.98 Å². The van der Waals surface area contributed by atoms with Crippen LogP contribution in [0.15, 0.2) is 24.4 Å². The molecule has 1 N–H and O–H groups in total. The third-order valence-electron chi connectivity index (χ3n) is 4.35. The molecule has 3 rings (SSSR count). The van der Waals surface area contributed by atoms with Gasteiger partial charge in [-0.25, -0.2) is 0 Å². The van der Waals surface area contributed by atoms with Crippen LogP contribution in [0.3, 0.4) is 0 Å². The third kappa shape index (κ3) is 1.84. The van der Waals surface area contributed by atoms with Crippen molar-refractivity contribution in [3.8, 4) is 6.07 Å². The van der Waals surface area contributed by atoms with Crippen LogP contribution in [0.25, 0.3) is 10.9 Å². The first-order valence-electron chi connectivity index (χ1n) is 6.71. The molecule has 0 amide bonds. The average molecular weight is 268 g/mol. The molecule has 0 atom stereocenters. The van der Waals surface area contributed by atoms with Crippen molar-refractivity contribution in [2.45, 2.75) is 38.9 Å². The number of hydrogen-bond donors (Lipinski definition) is 1. The van der Waals surface area contributed by atoms with Crippen molar-refractivity contribution in [3.05, 3.63) is 30.0 Å². The molecule has 0 aliphatic carbocycles. The van der Waals surface area contributed by atoms with Crippen molar-refractivity contribution in [2.24, 2.45) is 0 Å². The van der Waals surface area contributed by atoms with Gasteiger partial charge in [-0.15, -0.1) is 0 Å². The molecule has 1 aliphatic rings. The SMILES string of the molecule is CC1(C)OB(c2c[nH]c3ccc(C#N)cc23)OC1(C)C. The molecular formula is C15H17BN2O2. The van der Waals surface area contributed by atoms with Gasteiger partial charge in [0.15, 0.2) is 0 Å². The Morgan fingerprint density at radius 3 is 2.40 bits per heavy atom. The van der Waals surface area contributed by atoms with Crippen molar-refractivity contribution < 1.29 is 9.31 Å². The van der Waals surface area contributed by atoms with E-state index in [2.05, 4.69) is 11.1 Å². The summed E-state index contributed by atoms with van der Waals surface area (Å²) in [6, 6.07) is 7.73. The Labute approximate surface area is 118 Å². The van der Waals surface area contributed by atoms with Gasteiger partial charge in [-0.2, -0.15) is 5.26 Å². The standard InChI is InChI=1S/C15H17BN2O2/c1-14(2)15(3,4)20-16(19-14)12-9-18-13-6-5-10(8-17)7-11(12)13/h5-7,9,18H,1-4H3. The summed E-state index contributed by atoms with van der Waals surface area (Å²) in [6.07, 6.45) is 1.90. The summed E-state index contributed by atoms with van der Waals surface area (Å²) in [7, 11) is -0.414. The number of aromatic nitrogens is 1. The summed E-state index contributed by atoms with van der Waals surface area (Å²) < 4.78 is 12.1. The molecule has 0 radical (unpaired) electrons. The molecule has 1 aromatic carbocycles. The molecule has 1 aliphatic heterocycles. The Morgan fingerprint density at radius 2 is 1.80 bits per heavy atom. The van der Waals surface area contributed by atoms with Crippen LogP contribution in [0.5, 0.6) is 0 Å². The van der Waals surface area contributed by atoms with E-state index in [1.807, 2.05) is 46.0 Å². The maximum Gasteiger partial charge on any atom is 0.497 e. The zero-order valence-electron chi connectivity index (χ0n) is 12.2. The minimum absolute atomic E-state index is 0.367. The summed E-state index contributed by atoms with van der Waals surface area (Å²) in [4.78, 5) is 3.20. The van der Waals surface area contributed by atoms with E-state index in [0.717, 1.165) is 16.4 Å². The molecule has 0 bridgehead atoms. The lowest BCUT2D eigenvalue weighted by Crippen LogP contribution is -2.41. The molecule has 4 nitrogen and oxygen atoms in total. The van der Waals surface area contributed by atoms with E-state index >= 15 is 0 Å². The number of hydrogen-bond acceptors (Lipinski definition) is 3. The molecule has 1 aromatic heterocycles. The highest BCUT2D eigenvalue weighted by Crippen LogP contribution is 2.37. The lowest BCUT2D eigenvalue weighted by Gasteiger charge is -2.32. The number of fused-ring (bicyclic) bond motifs is 1. The first-order valence-corrected chi connectivity index (χ1v) is 6.71. The maximum absolute atomic E-state index is 9.03. The molecule has 1 saturated heterocycles. The molecule has 2 heterocycles. The zero-order chi connectivity index (χ0) is 14.5. The van der Waals surface area contributed by atoms with Crippen LogP contribution >= 0.6 is 0 Å².